The molecule has 0 spiro atoms. The van der Waals surface area contributed by atoms with Gasteiger partial charge in [0.2, 0.25) is 0 Å². The van der Waals surface area contributed by atoms with Gasteiger partial charge in [-0.2, -0.15) is 0 Å². The van der Waals surface area contributed by atoms with Gasteiger partial charge in [0.15, 0.2) is 0 Å². The molecule has 4 heteroatoms. The van der Waals surface area contributed by atoms with E-state index in [1.54, 1.807) is 12.1 Å². The predicted octanol–water partition coefficient (Wildman–Crippen LogP) is 3.61. The number of hydrogen-bond donors (Lipinski definition) is 0. The van der Waals surface area contributed by atoms with Crippen LogP contribution in [0.5, 0.6) is 0 Å². The molecule has 0 N–H and O–H groups in total. The molecule has 0 unspecified atom stereocenters. The second-order valence-electron chi connectivity index (χ2n) is 7.18. The Morgan fingerprint density at radius 3 is 2.56 bits per heavy atom. The number of rotatable bonds is 7. The molecule has 134 valence electrons. The molecule has 1 aliphatic rings. The van der Waals surface area contributed by atoms with Gasteiger partial charge in [0, 0.05) is 25.8 Å². The summed E-state index contributed by atoms with van der Waals surface area (Å²) in [5, 5.41) is 0. The maximum absolute atomic E-state index is 12.9. The van der Waals surface area contributed by atoms with E-state index < -0.39 is 0 Å². The number of hydrogen-bond acceptors (Lipinski definition) is 3. The highest BCUT2D eigenvalue weighted by Crippen LogP contribution is 2.19. The molecule has 2 heterocycles. The summed E-state index contributed by atoms with van der Waals surface area (Å²) in [6.07, 6.45) is 5.39. The van der Waals surface area contributed by atoms with Gasteiger partial charge in [-0.15, -0.1) is 0 Å². The number of halogens is 1. The first kappa shape index (κ1) is 18.0. The maximum atomic E-state index is 12.9. The fourth-order valence-corrected chi connectivity index (χ4v) is 3.60. The third-order valence-corrected chi connectivity index (χ3v) is 5.07. The first-order valence-electron chi connectivity index (χ1n) is 9.24. The monoisotopic (exact) mass is 341 g/mol. The molecule has 0 radical (unpaired) electrons. The van der Waals surface area contributed by atoms with E-state index in [2.05, 4.69) is 34.0 Å². The molecule has 1 saturated heterocycles. The second kappa shape index (κ2) is 9.07. The summed E-state index contributed by atoms with van der Waals surface area (Å²) in [7, 11) is 2.19. The lowest BCUT2D eigenvalue weighted by Crippen LogP contribution is -2.38. The number of aromatic nitrogens is 1. The zero-order valence-electron chi connectivity index (χ0n) is 15.1. The van der Waals surface area contributed by atoms with E-state index in [0.717, 1.165) is 37.7 Å². The van der Waals surface area contributed by atoms with E-state index in [1.807, 2.05) is 24.4 Å². The normalized spacial score (nSPS) is 16.4. The first-order valence-corrected chi connectivity index (χ1v) is 9.24. The van der Waals surface area contributed by atoms with E-state index in [1.165, 1.54) is 31.5 Å². The molecule has 1 aliphatic heterocycles. The average molecular weight is 341 g/mol. The number of nitrogens with zero attached hydrogens (tertiary/aromatic N) is 3. The van der Waals surface area contributed by atoms with Crippen molar-refractivity contribution in [2.45, 2.75) is 25.8 Å². The van der Waals surface area contributed by atoms with E-state index >= 15 is 0 Å². The first-order chi connectivity index (χ1) is 12.2. The van der Waals surface area contributed by atoms with Crippen molar-refractivity contribution in [2.75, 3.05) is 33.2 Å². The van der Waals surface area contributed by atoms with Gasteiger partial charge in [-0.3, -0.25) is 4.98 Å². The van der Waals surface area contributed by atoms with Gasteiger partial charge in [-0.1, -0.05) is 18.2 Å². The Morgan fingerprint density at radius 2 is 1.88 bits per heavy atom. The van der Waals surface area contributed by atoms with Gasteiger partial charge >= 0.3 is 0 Å². The van der Waals surface area contributed by atoms with Gasteiger partial charge in [-0.05, 0) is 75.1 Å². The Balaban J connectivity index is 1.36. The number of likely N-dealkylation sites (tertiary alicyclic amines) is 1. The fraction of sp³-hybridized carbons (Fsp3) is 0.476. The van der Waals surface area contributed by atoms with E-state index in [9.17, 15) is 4.39 Å². The fourth-order valence-electron chi connectivity index (χ4n) is 3.60. The summed E-state index contributed by atoms with van der Waals surface area (Å²) in [6, 6.07) is 13.0. The lowest BCUT2D eigenvalue weighted by Gasteiger charge is -2.33. The van der Waals surface area contributed by atoms with Crippen molar-refractivity contribution >= 4 is 0 Å². The number of piperidine rings is 1. The molecule has 1 aromatic heterocycles. The summed E-state index contributed by atoms with van der Waals surface area (Å²) in [5.74, 6) is 0.621. The summed E-state index contributed by atoms with van der Waals surface area (Å²) in [6.45, 7) is 5.47. The Bertz CT molecular complexity index is 621. The highest BCUT2D eigenvalue weighted by atomic mass is 19.1. The van der Waals surface area contributed by atoms with Crippen LogP contribution in [0.4, 0.5) is 4.39 Å². The molecule has 3 nitrogen and oxygen atoms in total. The highest BCUT2D eigenvalue weighted by molar-refractivity contribution is 5.16. The Hall–Kier alpha value is -1.78. The van der Waals surface area contributed by atoms with Crippen LogP contribution in [0.25, 0.3) is 0 Å². The zero-order chi connectivity index (χ0) is 17.5. The smallest absolute Gasteiger partial charge is 0.123 e. The molecule has 0 amide bonds. The van der Waals surface area contributed by atoms with Gasteiger partial charge in [0.1, 0.15) is 5.82 Å². The van der Waals surface area contributed by atoms with Gasteiger partial charge < -0.3 is 9.80 Å². The molecule has 0 saturated carbocycles. The van der Waals surface area contributed by atoms with Crippen molar-refractivity contribution in [1.29, 1.82) is 0 Å². The van der Waals surface area contributed by atoms with Crippen LogP contribution in [0.2, 0.25) is 0 Å². The Labute approximate surface area is 150 Å². The van der Waals surface area contributed by atoms with Crippen LogP contribution < -0.4 is 0 Å². The van der Waals surface area contributed by atoms with Crippen LogP contribution >= 0.6 is 0 Å². The molecule has 0 bridgehead atoms. The van der Waals surface area contributed by atoms with Gasteiger partial charge in [-0.25, -0.2) is 4.39 Å². The minimum absolute atomic E-state index is 0.153. The maximum Gasteiger partial charge on any atom is 0.123 e. The third kappa shape index (κ3) is 5.91. The second-order valence-corrected chi connectivity index (χ2v) is 7.18. The summed E-state index contributed by atoms with van der Waals surface area (Å²) >= 11 is 0. The van der Waals surface area contributed by atoms with Crippen LogP contribution in [0, 0.1) is 11.7 Å². The SMILES string of the molecule is CN(Cc1ccccn1)CC1CCN(CCc2ccc(F)cc2)CC1. The van der Waals surface area contributed by atoms with Gasteiger partial charge in [0.05, 0.1) is 5.69 Å². The van der Waals surface area contributed by atoms with E-state index in [-0.39, 0.29) is 5.82 Å². The Kier molecular flexibility index (Phi) is 6.54. The lowest BCUT2D eigenvalue weighted by molar-refractivity contribution is 0.153. The highest BCUT2D eigenvalue weighted by Gasteiger charge is 2.20. The van der Waals surface area contributed by atoms with Crippen molar-refractivity contribution in [2.24, 2.45) is 5.92 Å². The van der Waals surface area contributed by atoms with E-state index in [0.29, 0.717) is 0 Å². The van der Waals surface area contributed by atoms with Crippen molar-refractivity contribution in [3.8, 4) is 0 Å². The summed E-state index contributed by atoms with van der Waals surface area (Å²) in [4.78, 5) is 9.34. The van der Waals surface area contributed by atoms with Crippen molar-refractivity contribution < 1.29 is 4.39 Å². The average Bonchev–Trinajstić information content (AvgIpc) is 2.63. The molecule has 1 fully saturated rings. The molecule has 3 rings (SSSR count). The molecule has 1 aromatic carbocycles. The third-order valence-electron chi connectivity index (χ3n) is 5.07. The van der Waals surface area contributed by atoms with Crippen LogP contribution in [0.3, 0.4) is 0 Å². The Morgan fingerprint density at radius 1 is 1.12 bits per heavy atom. The van der Waals surface area contributed by atoms with Crippen LogP contribution in [-0.2, 0) is 13.0 Å². The summed E-state index contributed by atoms with van der Waals surface area (Å²) in [5.41, 5.74) is 2.36. The number of benzene rings is 1. The molecular formula is C21H28FN3. The van der Waals surface area contributed by atoms with Crippen molar-refractivity contribution in [1.82, 2.24) is 14.8 Å². The topological polar surface area (TPSA) is 19.4 Å². The van der Waals surface area contributed by atoms with Gasteiger partial charge in [0.25, 0.3) is 0 Å². The van der Waals surface area contributed by atoms with Crippen LogP contribution in [0.1, 0.15) is 24.1 Å². The van der Waals surface area contributed by atoms with Crippen molar-refractivity contribution in [3.05, 3.63) is 65.7 Å². The van der Waals surface area contributed by atoms with Crippen LogP contribution in [0.15, 0.2) is 48.7 Å². The molecule has 2 aromatic rings. The minimum atomic E-state index is -0.153. The summed E-state index contributed by atoms with van der Waals surface area (Å²) < 4.78 is 12.9. The van der Waals surface area contributed by atoms with Crippen molar-refractivity contribution in [3.63, 3.8) is 0 Å². The quantitative estimate of drug-likeness (QED) is 0.767. The minimum Gasteiger partial charge on any atom is -0.303 e. The standard InChI is InChI=1S/C21H28FN3/c1-24(17-21-4-2-3-12-23-21)16-19-10-14-25(15-11-19)13-9-18-5-7-20(22)8-6-18/h2-8,12,19H,9-11,13-17H2,1H3. The lowest BCUT2D eigenvalue weighted by atomic mass is 9.96. The zero-order valence-corrected chi connectivity index (χ0v) is 15.1. The largest absolute Gasteiger partial charge is 0.303 e. The molecule has 0 aliphatic carbocycles. The van der Waals surface area contributed by atoms with E-state index in [4.69, 9.17) is 0 Å². The predicted molar refractivity (Wildman–Crippen MR) is 99.8 cm³/mol. The number of pyridine rings is 1. The van der Waals surface area contributed by atoms with Crippen LogP contribution in [-0.4, -0.2) is 48.0 Å². The molecular weight excluding hydrogens is 313 g/mol. The molecule has 25 heavy (non-hydrogen) atoms. The molecule has 0 atom stereocenters.